The molecule has 0 aliphatic carbocycles. The number of hydrogen-bond acceptors (Lipinski definition) is 6. The molecule has 1 unspecified atom stereocenters. The monoisotopic (exact) mass is 907 g/mol. The van der Waals surface area contributed by atoms with E-state index >= 15 is 0 Å². The van der Waals surface area contributed by atoms with Crippen LogP contribution >= 0.6 is 0 Å². The van der Waals surface area contributed by atoms with Crippen LogP contribution < -0.4 is 0 Å². The second-order valence-electron chi connectivity index (χ2n) is 18.2. The number of ether oxygens (including phenoxy) is 3. The van der Waals surface area contributed by atoms with Crippen molar-refractivity contribution < 1.29 is 28.6 Å². The number of rotatable bonds is 49. The average Bonchev–Trinajstić information content (AvgIpc) is 3.30. The van der Waals surface area contributed by atoms with Crippen molar-refractivity contribution in [3.8, 4) is 0 Å². The summed E-state index contributed by atoms with van der Waals surface area (Å²) < 4.78 is 16.8. The lowest BCUT2D eigenvalue weighted by molar-refractivity contribution is -0.167. The Bertz CT molecular complexity index is 1230. The number of allylic oxidation sites excluding steroid dienone is 12. The summed E-state index contributed by atoms with van der Waals surface area (Å²) in [6.45, 7) is 6.45. The Balaban J connectivity index is 4.38. The predicted molar refractivity (Wildman–Crippen MR) is 279 cm³/mol. The molecule has 0 spiro atoms. The molecule has 0 aromatic carbocycles. The van der Waals surface area contributed by atoms with Crippen LogP contribution in [0, 0.1) is 0 Å². The predicted octanol–water partition coefficient (Wildman–Crippen LogP) is 18.2. The van der Waals surface area contributed by atoms with Gasteiger partial charge in [-0.05, 0) is 89.9 Å². The fourth-order valence-electron chi connectivity index (χ4n) is 7.60. The molecule has 0 N–H and O–H groups in total. The Morgan fingerprint density at radius 2 is 0.615 bits per heavy atom. The van der Waals surface area contributed by atoms with Crippen molar-refractivity contribution in [2.75, 3.05) is 13.2 Å². The lowest BCUT2D eigenvalue weighted by atomic mass is 10.1. The highest BCUT2D eigenvalue weighted by Gasteiger charge is 2.19. The van der Waals surface area contributed by atoms with Gasteiger partial charge in [0.15, 0.2) is 6.10 Å². The van der Waals surface area contributed by atoms with Crippen LogP contribution in [-0.2, 0) is 28.6 Å². The van der Waals surface area contributed by atoms with Gasteiger partial charge in [-0.1, -0.05) is 229 Å². The Labute approximate surface area is 402 Å². The molecule has 0 saturated carbocycles. The maximum absolute atomic E-state index is 12.8. The van der Waals surface area contributed by atoms with Crippen molar-refractivity contribution in [3.05, 3.63) is 72.9 Å². The summed E-state index contributed by atoms with van der Waals surface area (Å²) in [7, 11) is 0. The van der Waals surface area contributed by atoms with Crippen LogP contribution in [0.3, 0.4) is 0 Å². The Kier molecular flexibility index (Phi) is 50.9. The van der Waals surface area contributed by atoms with Crippen molar-refractivity contribution in [2.24, 2.45) is 0 Å². The first-order valence-electron chi connectivity index (χ1n) is 27.5. The van der Waals surface area contributed by atoms with E-state index in [1.807, 2.05) is 0 Å². The summed E-state index contributed by atoms with van der Waals surface area (Å²) >= 11 is 0. The zero-order valence-corrected chi connectivity index (χ0v) is 42.7. The number of carbonyl (C=O) groups excluding carboxylic acids is 3. The lowest BCUT2D eigenvalue weighted by Gasteiger charge is -2.18. The molecule has 0 aliphatic rings. The van der Waals surface area contributed by atoms with E-state index in [2.05, 4.69) is 93.7 Å². The van der Waals surface area contributed by atoms with Crippen LogP contribution in [0.4, 0.5) is 0 Å². The molecule has 0 radical (unpaired) electrons. The fraction of sp³-hybridized carbons (Fsp3) is 0.746. The second-order valence-corrected chi connectivity index (χ2v) is 18.2. The zero-order chi connectivity index (χ0) is 47.2. The summed E-state index contributed by atoms with van der Waals surface area (Å²) in [4.78, 5) is 38.1. The van der Waals surface area contributed by atoms with Crippen molar-refractivity contribution in [1.82, 2.24) is 0 Å². The molecular weight excluding hydrogens is 805 g/mol. The molecule has 374 valence electrons. The Hall–Kier alpha value is -3.15. The molecule has 0 aliphatic heterocycles. The van der Waals surface area contributed by atoms with Gasteiger partial charge < -0.3 is 14.2 Å². The Morgan fingerprint density at radius 1 is 0.323 bits per heavy atom. The van der Waals surface area contributed by atoms with Gasteiger partial charge in [-0.15, -0.1) is 0 Å². The minimum absolute atomic E-state index is 0.0853. The van der Waals surface area contributed by atoms with E-state index in [4.69, 9.17) is 14.2 Å². The fourth-order valence-corrected chi connectivity index (χ4v) is 7.60. The molecule has 1 atom stereocenters. The van der Waals surface area contributed by atoms with Gasteiger partial charge in [0, 0.05) is 19.3 Å². The highest BCUT2D eigenvalue weighted by Crippen LogP contribution is 2.15. The number of esters is 3. The Morgan fingerprint density at radius 3 is 1.02 bits per heavy atom. The molecule has 6 nitrogen and oxygen atoms in total. The normalized spacial score (nSPS) is 12.6. The van der Waals surface area contributed by atoms with Crippen LogP contribution in [0.1, 0.15) is 265 Å². The van der Waals surface area contributed by atoms with Gasteiger partial charge in [0.1, 0.15) is 13.2 Å². The largest absolute Gasteiger partial charge is 0.462 e. The number of carbonyl (C=O) groups is 3. The molecule has 0 rings (SSSR count). The van der Waals surface area contributed by atoms with E-state index in [0.717, 1.165) is 83.5 Å². The lowest BCUT2D eigenvalue weighted by Crippen LogP contribution is -2.30. The van der Waals surface area contributed by atoms with E-state index in [-0.39, 0.29) is 31.1 Å². The van der Waals surface area contributed by atoms with Crippen molar-refractivity contribution in [1.29, 1.82) is 0 Å². The zero-order valence-electron chi connectivity index (χ0n) is 42.7. The standard InChI is InChI=1S/C59H102O6/c1-4-7-10-13-16-19-22-25-27-28-29-30-32-34-37-40-43-46-49-52-58(61)64-55-56(54-63-57(60)51-48-45-42-39-36-33-24-21-18-15-12-9-6-3)65-59(62)53-50-47-44-41-38-35-31-26-23-20-17-14-11-8-5-2/h9,12,15-16,18-25,56H,4-8,10-11,13-14,17,26-55H2,1-3H3/b12-9+,18-15+,19-16+,23-20+,24-21+,25-22+. The first kappa shape index (κ1) is 61.9. The molecule has 6 heteroatoms. The summed E-state index contributed by atoms with van der Waals surface area (Å²) in [5.74, 6) is -0.909. The van der Waals surface area contributed by atoms with E-state index in [1.54, 1.807) is 0 Å². The molecule has 0 aromatic heterocycles. The van der Waals surface area contributed by atoms with Gasteiger partial charge >= 0.3 is 17.9 Å². The summed E-state index contributed by atoms with van der Waals surface area (Å²) in [5, 5.41) is 0. The topological polar surface area (TPSA) is 78.9 Å². The van der Waals surface area contributed by atoms with Crippen molar-refractivity contribution in [2.45, 2.75) is 271 Å². The van der Waals surface area contributed by atoms with Gasteiger partial charge in [-0.25, -0.2) is 0 Å². The molecule has 0 bridgehead atoms. The highest BCUT2D eigenvalue weighted by molar-refractivity contribution is 5.71. The third kappa shape index (κ3) is 51.7. The minimum Gasteiger partial charge on any atom is -0.462 e. The maximum Gasteiger partial charge on any atom is 0.306 e. The van der Waals surface area contributed by atoms with Crippen LogP contribution in [0.5, 0.6) is 0 Å². The molecule has 0 saturated heterocycles. The average molecular weight is 907 g/mol. The van der Waals surface area contributed by atoms with E-state index in [0.29, 0.717) is 19.3 Å². The maximum atomic E-state index is 12.8. The highest BCUT2D eigenvalue weighted by atomic mass is 16.6. The third-order valence-corrected chi connectivity index (χ3v) is 11.8. The molecule has 0 amide bonds. The number of unbranched alkanes of at least 4 members (excludes halogenated alkanes) is 29. The van der Waals surface area contributed by atoms with Crippen LogP contribution in [0.2, 0.25) is 0 Å². The van der Waals surface area contributed by atoms with Crippen LogP contribution in [0.25, 0.3) is 0 Å². The summed E-state index contributed by atoms with van der Waals surface area (Å²) in [6.07, 6.45) is 67.4. The smallest absolute Gasteiger partial charge is 0.306 e. The van der Waals surface area contributed by atoms with Gasteiger partial charge in [-0.3, -0.25) is 14.4 Å². The SMILES string of the molecule is CC/C=C/C=C/C=C/CCCCCCCC(=O)OCC(COC(=O)CCCCCCCCCCCC/C=C/C=C/CCCCC)OC(=O)CCCCCCCCC/C=C/CCCCCC. The molecular formula is C59H102O6. The van der Waals surface area contributed by atoms with E-state index in [1.165, 1.54) is 141 Å². The summed E-state index contributed by atoms with van der Waals surface area (Å²) in [5.41, 5.74) is 0. The number of hydrogen-bond donors (Lipinski definition) is 0. The van der Waals surface area contributed by atoms with E-state index in [9.17, 15) is 14.4 Å². The van der Waals surface area contributed by atoms with Crippen LogP contribution in [0.15, 0.2) is 72.9 Å². The van der Waals surface area contributed by atoms with Crippen LogP contribution in [-0.4, -0.2) is 37.2 Å². The molecule has 65 heavy (non-hydrogen) atoms. The minimum atomic E-state index is -0.787. The van der Waals surface area contributed by atoms with Gasteiger partial charge in [-0.2, -0.15) is 0 Å². The van der Waals surface area contributed by atoms with Gasteiger partial charge in [0.25, 0.3) is 0 Å². The van der Waals surface area contributed by atoms with Crippen molar-refractivity contribution in [3.63, 3.8) is 0 Å². The summed E-state index contributed by atoms with van der Waals surface area (Å²) in [6, 6.07) is 0. The van der Waals surface area contributed by atoms with Gasteiger partial charge in [0.05, 0.1) is 0 Å². The quantitative estimate of drug-likeness (QED) is 0.0199. The first-order valence-corrected chi connectivity index (χ1v) is 27.5. The third-order valence-electron chi connectivity index (χ3n) is 11.8. The second kappa shape index (κ2) is 53.5. The van der Waals surface area contributed by atoms with E-state index < -0.39 is 6.10 Å². The first-order chi connectivity index (χ1) is 32.0. The molecule has 0 aromatic rings. The molecule has 0 fully saturated rings. The molecule has 0 heterocycles. The van der Waals surface area contributed by atoms with Crippen molar-refractivity contribution >= 4 is 17.9 Å². The van der Waals surface area contributed by atoms with Gasteiger partial charge in [0.2, 0.25) is 0 Å².